The van der Waals surface area contributed by atoms with Crippen LogP contribution in [-0.4, -0.2) is 23.7 Å². The van der Waals surface area contributed by atoms with Crippen LogP contribution in [0.5, 0.6) is 0 Å². The Hall–Kier alpha value is -2.70. The topological polar surface area (TPSA) is 74.7 Å². The van der Waals surface area contributed by atoms with Gasteiger partial charge < -0.3 is 4.57 Å². The van der Waals surface area contributed by atoms with Gasteiger partial charge in [0.2, 0.25) is 0 Å². The summed E-state index contributed by atoms with van der Waals surface area (Å²) < 4.78 is 4.28. The third-order valence-electron chi connectivity index (χ3n) is 3.61. The normalized spacial score (nSPS) is 11.1. The van der Waals surface area contributed by atoms with Gasteiger partial charge in [-0.25, -0.2) is 9.78 Å². The highest BCUT2D eigenvalue weighted by Gasteiger charge is 2.13. The van der Waals surface area contributed by atoms with E-state index in [1.54, 1.807) is 30.3 Å². The van der Waals surface area contributed by atoms with Gasteiger partial charge in [0.1, 0.15) is 0 Å². The van der Waals surface area contributed by atoms with Gasteiger partial charge in [0.05, 0.1) is 6.33 Å². The van der Waals surface area contributed by atoms with Crippen molar-refractivity contribution in [2.24, 2.45) is 14.1 Å². The Labute approximate surface area is 120 Å². The first-order chi connectivity index (χ1) is 10.1. The van der Waals surface area contributed by atoms with Crippen molar-refractivity contribution >= 4 is 11.2 Å². The second-order valence-corrected chi connectivity index (χ2v) is 4.92. The molecule has 7 nitrogen and oxygen atoms in total. The summed E-state index contributed by atoms with van der Waals surface area (Å²) in [6.07, 6.45) is 5.85. The lowest BCUT2D eigenvalue weighted by Crippen LogP contribution is -2.37. The molecule has 3 aromatic heterocycles. The molecule has 0 aliphatic heterocycles. The Morgan fingerprint density at radius 1 is 1.10 bits per heavy atom. The fourth-order valence-electron chi connectivity index (χ4n) is 2.37. The van der Waals surface area contributed by atoms with Crippen LogP contribution in [0.15, 0.2) is 40.4 Å². The molecule has 3 aromatic rings. The van der Waals surface area contributed by atoms with Crippen LogP contribution in [0.4, 0.5) is 0 Å². The van der Waals surface area contributed by atoms with E-state index in [9.17, 15) is 9.59 Å². The lowest BCUT2D eigenvalue weighted by molar-refractivity contribution is 0.685. The van der Waals surface area contributed by atoms with Gasteiger partial charge in [0.15, 0.2) is 11.2 Å². The highest BCUT2D eigenvalue weighted by molar-refractivity contribution is 5.69. The number of rotatable bonds is 3. The van der Waals surface area contributed by atoms with E-state index < -0.39 is 0 Å². The number of pyridine rings is 1. The number of nitrogens with zero attached hydrogens (tertiary/aromatic N) is 5. The van der Waals surface area contributed by atoms with Gasteiger partial charge in [0.25, 0.3) is 5.56 Å². The van der Waals surface area contributed by atoms with E-state index in [-0.39, 0.29) is 11.2 Å². The summed E-state index contributed by atoms with van der Waals surface area (Å²) in [5.41, 5.74) is 1.31. The second-order valence-electron chi connectivity index (χ2n) is 4.92. The molecule has 21 heavy (non-hydrogen) atoms. The largest absolute Gasteiger partial charge is 0.332 e. The number of fused-ring (bicyclic) bond motifs is 1. The molecular weight excluding hydrogens is 270 g/mol. The summed E-state index contributed by atoms with van der Waals surface area (Å²) in [5.74, 6) is 0. The molecule has 0 amide bonds. The van der Waals surface area contributed by atoms with Crippen LogP contribution < -0.4 is 11.2 Å². The van der Waals surface area contributed by atoms with E-state index in [0.29, 0.717) is 17.7 Å². The maximum absolute atomic E-state index is 12.3. The maximum atomic E-state index is 12.3. The van der Waals surface area contributed by atoms with Crippen LogP contribution in [0.1, 0.15) is 5.56 Å². The number of imidazole rings is 1. The van der Waals surface area contributed by atoms with Crippen molar-refractivity contribution in [3.8, 4) is 0 Å². The highest BCUT2D eigenvalue weighted by atomic mass is 16.2. The minimum atomic E-state index is -0.369. The molecule has 0 fully saturated rings. The third-order valence-corrected chi connectivity index (χ3v) is 3.61. The van der Waals surface area contributed by atoms with Gasteiger partial charge in [0, 0.05) is 33.0 Å². The van der Waals surface area contributed by atoms with Gasteiger partial charge in [-0.2, -0.15) is 0 Å². The molecule has 0 aliphatic rings. The molecule has 7 heteroatoms. The standard InChI is InChI=1S/C14H15N5O2/c1-17-12-11(13(20)18(2)14(17)21)19(9-16-12)8-5-10-3-6-15-7-4-10/h3-4,6-7,9H,5,8H2,1-2H3. The summed E-state index contributed by atoms with van der Waals surface area (Å²) >= 11 is 0. The number of aromatic nitrogens is 5. The van der Waals surface area contributed by atoms with E-state index in [1.807, 2.05) is 12.1 Å². The van der Waals surface area contributed by atoms with Gasteiger partial charge in [-0.05, 0) is 24.1 Å². The van der Waals surface area contributed by atoms with Crippen molar-refractivity contribution in [3.05, 3.63) is 57.3 Å². The summed E-state index contributed by atoms with van der Waals surface area (Å²) in [6.45, 7) is 0.619. The third kappa shape index (κ3) is 2.16. The number of hydrogen-bond acceptors (Lipinski definition) is 4. The lowest BCUT2D eigenvalue weighted by Gasteiger charge is -2.06. The van der Waals surface area contributed by atoms with Crippen molar-refractivity contribution in [3.63, 3.8) is 0 Å². The molecule has 3 rings (SSSR count). The smallest absolute Gasteiger partial charge is 0.324 e. The molecule has 0 aliphatic carbocycles. The Balaban J connectivity index is 2.05. The van der Waals surface area contributed by atoms with Gasteiger partial charge in [-0.1, -0.05) is 0 Å². The fourth-order valence-corrected chi connectivity index (χ4v) is 2.37. The van der Waals surface area contributed by atoms with Gasteiger partial charge in [-0.3, -0.25) is 18.9 Å². The average molecular weight is 285 g/mol. The Bertz CT molecular complexity index is 905. The van der Waals surface area contributed by atoms with Crippen LogP contribution in [-0.2, 0) is 27.1 Å². The first-order valence-electron chi connectivity index (χ1n) is 6.59. The molecule has 0 saturated carbocycles. The summed E-state index contributed by atoms with van der Waals surface area (Å²) in [7, 11) is 3.09. The van der Waals surface area contributed by atoms with E-state index >= 15 is 0 Å². The number of aryl methyl sites for hydroxylation is 3. The molecule has 108 valence electrons. The molecule has 3 heterocycles. The number of hydrogen-bond donors (Lipinski definition) is 0. The monoisotopic (exact) mass is 285 g/mol. The van der Waals surface area contributed by atoms with Crippen LogP contribution in [0.2, 0.25) is 0 Å². The average Bonchev–Trinajstić information content (AvgIpc) is 2.94. The molecule has 0 radical (unpaired) electrons. The minimum Gasteiger partial charge on any atom is -0.324 e. The van der Waals surface area contributed by atoms with Crippen LogP contribution in [0.25, 0.3) is 11.2 Å². The van der Waals surface area contributed by atoms with Crippen molar-refractivity contribution < 1.29 is 0 Å². The van der Waals surface area contributed by atoms with Gasteiger partial charge in [-0.15, -0.1) is 0 Å². The van der Waals surface area contributed by atoms with E-state index in [0.717, 1.165) is 16.6 Å². The quantitative estimate of drug-likeness (QED) is 0.682. The predicted octanol–water partition coefficient (Wildman–Crippen LogP) is 0.0714. The Morgan fingerprint density at radius 3 is 2.52 bits per heavy atom. The molecule has 0 saturated heterocycles. The van der Waals surface area contributed by atoms with Crippen molar-refractivity contribution in [2.75, 3.05) is 0 Å². The zero-order chi connectivity index (χ0) is 15.0. The Kier molecular flexibility index (Phi) is 3.17. The first-order valence-corrected chi connectivity index (χ1v) is 6.59. The summed E-state index contributed by atoms with van der Waals surface area (Å²) in [4.78, 5) is 32.3. The SMILES string of the molecule is Cn1c(=O)c2c(ncn2CCc2ccncc2)n(C)c1=O. The zero-order valence-corrected chi connectivity index (χ0v) is 11.9. The second kappa shape index (κ2) is 5.01. The Morgan fingerprint density at radius 2 is 1.81 bits per heavy atom. The highest BCUT2D eigenvalue weighted by Crippen LogP contribution is 2.07. The zero-order valence-electron chi connectivity index (χ0n) is 11.9. The summed E-state index contributed by atoms with van der Waals surface area (Å²) in [5, 5.41) is 0. The van der Waals surface area contributed by atoms with Crippen LogP contribution in [0, 0.1) is 0 Å². The molecule has 0 N–H and O–H groups in total. The van der Waals surface area contributed by atoms with Crippen LogP contribution in [0.3, 0.4) is 0 Å². The minimum absolute atomic E-state index is 0.319. The van der Waals surface area contributed by atoms with E-state index in [2.05, 4.69) is 9.97 Å². The molecule has 0 spiro atoms. The van der Waals surface area contributed by atoms with Crippen LogP contribution >= 0.6 is 0 Å². The van der Waals surface area contributed by atoms with E-state index in [4.69, 9.17) is 0 Å². The fraction of sp³-hybridized carbons (Fsp3) is 0.286. The van der Waals surface area contributed by atoms with Crippen molar-refractivity contribution in [1.82, 2.24) is 23.7 Å². The first kappa shape index (κ1) is 13.3. The summed E-state index contributed by atoms with van der Waals surface area (Å²) in [6, 6.07) is 3.87. The molecular formula is C14H15N5O2. The maximum Gasteiger partial charge on any atom is 0.332 e. The molecule has 0 aromatic carbocycles. The predicted molar refractivity (Wildman–Crippen MR) is 78.2 cm³/mol. The molecule has 0 bridgehead atoms. The van der Waals surface area contributed by atoms with E-state index in [1.165, 1.54) is 11.6 Å². The lowest BCUT2D eigenvalue weighted by atomic mass is 10.2. The van der Waals surface area contributed by atoms with Gasteiger partial charge >= 0.3 is 5.69 Å². The van der Waals surface area contributed by atoms with Crippen molar-refractivity contribution in [1.29, 1.82) is 0 Å². The molecule has 0 atom stereocenters. The molecule has 0 unspecified atom stereocenters. The van der Waals surface area contributed by atoms with Crippen molar-refractivity contribution in [2.45, 2.75) is 13.0 Å².